The first kappa shape index (κ1) is 17.9. The van der Waals surface area contributed by atoms with Crippen molar-refractivity contribution in [1.82, 2.24) is 14.8 Å². The van der Waals surface area contributed by atoms with Gasteiger partial charge in [0.2, 0.25) is 5.89 Å². The maximum atomic E-state index is 13.1. The van der Waals surface area contributed by atoms with Gasteiger partial charge in [-0.25, -0.2) is 9.37 Å². The average molecular weight is 385 g/mol. The molecular formula is C20H20FN3O2S. The highest BCUT2D eigenvalue weighted by atomic mass is 32.1. The standard InChI is InChI=1S/C20H20FN3O2S/c21-16-6-4-15(5-7-16)20(25)24-9-2-8-23(10-11-24)13-17-14-26-19(22-17)18-3-1-12-27-18/h1,3-7,12,14H,2,8-11,13H2. The minimum atomic E-state index is -0.330. The van der Waals surface area contributed by atoms with Crippen LogP contribution in [-0.2, 0) is 6.54 Å². The van der Waals surface area contributed by atoms with Gasteiger partial charge in [-0.15, -0.1) is 11.3 Å². The van der Waals surface area contributed by atoms with E-state index in [1.54, 1.807) is 29.7 Å². The number of rotatable bonds is 4. The second kappa shape index (κ2) is 8.02. The number of hydrogen-bond acceptors (Lipinski definition) is 5. The molecule has 1 aliphatic rings. The maximum Gasteiger partial charge on any atom is 0.253 e. The minimum absolute atomic E-state index is 0.0433. The second-order valence-corrected chi connectivity index (χ2v) is 7.50. The molecule has 0 N–H and O–H groups in total. The van der Waals surface area contributed by atoms with E-state index in [1.807, 2.05) is 22.4 Å². The van der Waals surface area contributed by atoms with E-state index >= 15 is 0 Å². The zero-order valence-electron chi connectivity index (χ0n) is 14.8. The van der Waals surface area contributed by atoms with E-state index in [4.69, 9.17) is 4.42 Å². The summed E-state index contributed by atoms with van der Waals surface area (Å²) in [7, 11) is 0. The lowest BCUT2D eigenvalue weighted by Gasteiger charge is -2.21. The van der Waals surface area contributed by atoms with E-state index in [9.17, 15) is 9.18 Å². The number of carbonyl (C=O) groups is 1. The molecular weight excluding hydrogens is 365 g/mol. The van der Waals surface area contributed by atoms with Crippen LogP contribution >= 0.6 is 11.3 Å². The van der Waals surface area contributed by atoms with Crippen LogP contribution in [0.25, 0.3) is 10.8 Å². The highest BCUT2D eigenvalue weighted by Crippen LogP contribution is 2.24. The molecule has 1 saturated heterocycles. The molecule has 27 heavy (non-hydrogen) atoms. The van der Waals surface area contributed by atoms with Crippen molar-refractivity contribution in [3.63, 3.8) is 0 Å². The molecule has 0 aliphatic carbocycles. The van der Waals surface area contributed by atoms with Gasteiger partial charge in [0.15, 0.2) is 0 Å². The zero-order chi connectivity index (χ0) is 18.6. The monoisotopic (exact) mass is 385 g/mol. The summed E-state index contributed by atoms with van der Waals surface area (Å²) in [6, 6.07) is 9.71. The van der Waals surface area contributed by atoms with Crippen molar-refractivity contribution in [2.24, 2.45) is 0 Å². The molecule has 1 aromatic carbocycles. The van der Waals surface area contributed by atoms with Gasteiger partial charge in [-0.05, 0) is 42.1 Å². The van der Waals surface area contributed by atoms with Crippen LogP contribution in [0.3, 0.4) is 0 Å². The first-order valence-electron chi connectivity index (χ1n) is 8.94. The summed E-state index contributed by atoms with van der Waals surface area (Å²) in [4.78, 5) is 22.3. The van der Waals surface area contributed by atoms with Crippen molar-refractivity contribution in [3.05, 3.63) is 65.1 Å². The molecule has 3 heterocycles. The predicted octanol–water partition coefficient (Wildman–Crippen LogP) is 3.89. The molecule has 0 radical (unpaired) electrons. The first-order chi connectivity index (χ1) is 13.2. The highest BCUT2D eigenvalue weighted by Gasteiger charge is 2.21. The fourth-order valence-corrected chi connectivity index (χ4v) is 3.88. The van der Waals surface area contributed by atoms with Crippen molar-refractivity contribution in [1.29, 1.82) is 0 Å². The maximum absolute atomic E-state index is 13.1. The van der Waals surface area contributed by atoms with Crippen molar-refractivity contribution in [3.8, 4) is 10.8 Å². The average Bonchev–Trinajstić information content (AvgIpc) is 3.31. The molecule has 0 spiro atoms. The molecule has 1 amide bonds. The molecule has 1 aliphatic heterocycles. The van der Waals surface area contributed by atoms with Crippen molar-refractivity contribution in [2.75, 3.05) is 26.2 Å². The summed E-state index contributed by atoms with van der Waals surface area (Å²) in [5, 5.41) is 2.00. The number of hydrogen-bond donors (Lipinski definition) is 0. The molecule has 7 heteroatoms. The van der Waals surface area contributed by atoms with Crippen LogP contribution in [0.15, 0.2) is 52.5 Å². The molecule has 0 bridgehead atoms. The van der Waals surface area contributed by atoms with Crippen molar-refractivity contribution in [2.45, 2.75) is 13.0 Å². The van der Waals surface area contributed by atoms with Gasteiger partial charge >= 0.3 is 0 Å². The summed E-state index contributed by atoms with van der Waals surface area (Å²) in [6.07, 6.45) is 2.60. The number of oxazole rings is 1. The van der Waals surface area contributed by atoms with Gasteiger partial charge in [-0.1, -0.05) is 6.07 Å². The smallest absolute Gasteiger partial charge is 0.253 e. The van der Waals surface area contributed by atoms with E-state index < -0.39 is 0 Å². The second-order valence-electron chi connectivity index (χ2n) is 6.55. The number of carbonyl (C=O) groups excluding carboxylic acids is 1. The normalized spacial score (nSPS) is 15.7. The quantitative estimate of drug-likeness (QED) is 0.684. The third-order valence-corrected chi connectivity index (χ3v) is 5.49. The molecule has 0 unspecified atom stereocenters. The number of benzene rings is 1. The van der Waals surface area contributed by atoms with E-state index in [2.05, 4.69) is 9.88 Å². The number of aromatic nitrogens is 1. The van der Waals surface area contributed by atoms with Gasteiger partial charge in [0, 0.05) is 38.3 Å². The van der Waals surface area contributed by atoms with Gasteiger partial charge in [-0.3, -0.25) is 9.69 Å². The summed E-state index contributed by atoms with van der Waals surface area (Å²) in [5.41, 5.74) is 1.43. The molecule has 0 atom stereocenters. The Balaban J connectivity index is 1.36. The van der Waals surface area contributed by atoms with Crippen LogP contribution in [0.1, 0.15) is 22.5 Å². The molecule has 140 valence electrons. The third kappa shape index (κ3) is 4.26. The number of nitrogens with zero attached hydrogens (tertiary/aromatic N) is 3. The Kier molecular flexibility index (Phi) is 5.31. The summed E-state index contributed by atoms with van der Waals surface area (Å²) < 4.78 is 18.6. The lowest BCUT2D eigenvalue weighted by molar-refractivity contribution is 0.0761. The van der Waals surface area contributed by atoms with Crippen LogP contribution in [0.4, 0.5) is 4.39 Å². The molecule has 3 aromatic rings. The Hall–Kier alpha value is -2.51. The van der Waals surface area contributed by atoms with Crippen LogP contribution in [0, 0.1) is 5.82 Å². The van der Waals surface area contributed by atoms with Crippen LogP contribution < -0.4 is 0 Å². The van der Waals surface area contributed by atoms with E-state index in [0.29, 0.717) is 31.1 Å². The molecule has 0 saturated carbocycles. The lowest BCUT2D eigenvalue weighted by atomic mass is 10.2. The Morgan fingerprint density at radius 1 is 1.15 bits per heavy atom. The largest absolute Gasteiger partial charge is 0.444 e. The number of thiophene rings is 1. The summed E-state index contributed by atoms with van der Waals surface area (Å²) in [5.74, 6) is 0.282. The summed E-state index contributed by atoms with van der Waals surface area (Å²) in [6.45, 7) is 3.72. The van der Waals surface area contributed by atoms with Crippen LogP contribution in [-0.4, -0.2) is 46.9 Å². The van der Waals surface area contributed by atoms with E-state index in [0.717, 1.165) is 30.1 Å². The Bertz CT molecular complexity index is 892. The Morgan fingerprint density at radius 2 is 2.00 bits per heavy atom. The zero-order valence-corrected chi connectivity index (χ0v) is 15.6. The minimum Gasteiger partial charge on any atom is -0.444 e. The predicted molar refractivity (Wildman–Crippen MR) is 102 cm³/mol. The van der Waals surface area contributed by atoms with Gasteiger partial charge in [0.05, 0.1) is 10.6 Å². The van der Waals surface area contributed by atoms with Crippen molar-refractivity contribution < 1.29 is 13.6 Å². The Morgan fingerprint density at radius 3 is 2.78 bits per heavy atom. The van der Waals surface area contributed by atoms with E-state index in [1.165, 1.54) is 12.1 Å². The van der Waals surface area contributed by atoms with Gasteiger partial charge in [-0.2, -0.15) is 0 Å². The van der Waals surface area contributed by atoms with Crippen LogP contribution in [0.5, 0.6) is 0 Å². The molecule has 4 rings (SSSR count). The Labute approximate surface area is 161 Å². The number of halogens is 1. The van der Waals surface area contributed by atoms with Gasteiger partial charge in [0.25, 0.3) is 5.91 Å². The highest BCUT2D eigenvalue weighted by molar-refractivity contribution is 7.13. The SMILES string of the molecule is O=C(c1ccc(F)cc1)N1CCCN(Cc2coc(-c3cccs3)n2)CC1. The topological polar surface area (TPSA) is 49.6 Å². The summed E-state index contributed by atoms with van der Waals surface area (Å²) >= 11 is 1.60. The number of amides is 1. The third-order valence-electron chi connectivity index (χ3n) is 4.64. The molecule has 5 nitrogen and oxygen atoms in total. The molecule has 2 aromatic heterocycles. The van der Waals surface area contributed by atoms with Gasteiger partial charge in [0.1, 0.15) is 12.1 Å². The van der Waals surface area contributed by atoms with Gasteiger partial charge < -0.3 is 9.32 Å². The fourth-order valence-electron chi connectivity index (χ4n) is 3.23. The fraction of sp³-hybridized carbons (Fsp3) is 0.300. The van der Waals surface area contributed by atoms with Crippen LogP contribution in [0.2, 0.25) is 0 Å². The molecule has 1 fully saturated rings. The van der Waals surface area contributed by atoms with E-state index in [-0.39, 0.29) is 11.7 Å². The first-order valence-corrected chi connectivity index (χ1v) is 9.82. The van der Waals surface area contributed by atoms with Crippen molar-refractivity contribution >= 4 is 17.2 Å². The lowest BCUT2D eigenvalue weighted by Crippen LogP contribution is -2.35.